The first-order valence-electron chi connectivity index (χ1n) is 5.98. The Morgan fingerprint density at radius 1 is 1.00 bits per heavy atom. The molecule has 100 valence electrons. The Bertz CT molecular complexity index is 628. The number of benzene rings is 2. The van der Waals surface area contributed by atoms with Crippen LogP contribution in [0, 0.1) is 17.6 Å². The number of thiocarbonyl (C=S) groups is 1. The Morgan fingerprint density at radius 2 is 1.50 bits per heavy atom. The first-order valence-corrected chi connectivity index (χ1v) is 7.20. The fraction of sp³-hybridized carbons (Fsp3) is 0.0667. The molecule has 2 aromatic carbocycles. The lowest BCUT2D eigenvalue weighted by atomic mass is 10.2. The zero-order valence-electron chi connectivity index (χ0n) is 10.9. The predicted octanol–water partition coefficient (Wildman–Crippen LogP) is 4.38. The maximum Gasteiger partial charge on any atom is 0.175 e. The van der Waals surface area contributed by atoms with Gasteiger partial charge < -0.3 is 10.6 Å². The fourth-order valence-electron chi connectivity index (χ4n) is 1.59. The van der Waals surface area contributed by atoms with Crippen molar-refractivity contribution in [3.63, 3.8) is 0 Å². The highest BCUT2D eigenvalue weighted by atomic mass is 32.2. The normalized spacial score (nSPS) is 9.60. The Labute approximate surface area is 128 Å². The van der Waals surface area contributed by atoms with E-state index in [1.165, 1.54) is 5.56 Å². The van der Waals surface area contributed by atoms with E-state index in [9.17, 15) is 0 Å². The largest absolute Gasteiger partial charge is 0.332 e. The van der Waals surface area contributed by atoms with E-state index in [4.69, 9.17) is 17.5 Å². The van der Waals surface area contributed by atoms with Crippen molar-refractivity contribution in [1.82, 2.24) is 0 Å². The number of nitrogens with zero attached hydrogens (tertiary/aromatic N) is 1. The molecule has 5 heteroatoms. The highest BCUT2D eigenvalue weighted by molar-refractivity contribution is 8.03. The van der Waals surface area contributed by atoms with Gasteiger partial charge in [-0.05, 0) is 67.3 Å². The van der Waals surface area contributed by atoms with Crippen molar-refractivity contribution in [3.05, 3.63) is 54.1 Å². The molecule has 0 spiro atoms. The third-order valence-corrected chi connectivity index (χ3v) is 3.39. The van der Waals surface area contributed by atoms with E-state index >= 15 is 0 Å². The highest BCUT2D eigenvalue weighted by Crippen LogP contribution is 2.19. The lowest BCUT2D eigenvalue weighted by Gasteiger charge is -2.10. The number of thioether (sulfide) groups is 1. The summed E-state index contributed by atoms with van der Waals surface area (Å²) >= 11 is 6.39. The van der Waals surface area contributed by atoms with E-state index in [1.807, 2.05) is 60.9 Å². The molecule has 2 rings (SSSR count). The van der Waals surface area contributed by atoms with Gasteiger partial charge in [-0.2, -0.15) is 5.26 Å². The quantitative estimate of drug-likeness (QED) is 0.500. The van der Waals surface area contributed by atoms with Crippen LogP contribution in [0.2, 0.25) is 0 Å². The molecule has 0 aliphatic carbocycles. The lowest BCUT2D eigenvalue weighted by molar-refractivity contribution is 1.45. The van der Waals surface area contributed by atoms with Gasteiger partial charge in [0.05, 0.1) is 0 Å². The molecule has 0 aromatic heterocycles. The molecule has 0 saturated carbocycles. The summed E-state index contributed by atoms with van der Waals surface area (Å²) < 4.78 is 0. The molecular formula is C15H13N3S2. The molecule has 0 bridgehead atoms. The summed E-state index contributed by atoms with van der Waals surface area (Å²) in [5.41, 5.74) is 3.04. The maximum absolute atomic E-state index is 8.58. The van der Waals surface area contributed by atoms with Crippen molar-refractivity contribution in [2.24, 2.45) is 0 Å². The van der Waals surface area contributed by atoms with E-state index in [0.29, 0.717) is 5.11 Å². The van der Waals surface area contributed by atoms with Crippen LogP contribution in [0.25, 0.3) is 0 Å². The number of rotatable bonds is 3. The molecule has 2 N–H and O–H groups in total. The van der Waals surface area contributed by atoms with Crippen LogP contribution in [0.4, 0.5) is 11.4 Å². The van der Waals surface area contributed by atoms with Crippen molar-refractivity contribution in [3.8, 4) is 5.40 Å². The van der Waals surface area contributed by atoms with Crippen molar-refractivity contribution >= 4 is 40.5 Å². The second-order valence-electron chi connectivity index (χ2n) is 4.16. The second kappa shape index (κ2) is 6.94. The van der Waals surface area contributed by atoms with E-state index in [0.717, 1.165) is 28.0 Å². The van der Waals surface area contributed by atoms with Gasteiger partial charge in [-0.3, -0.25) is 0 Å². The average molecular weight is 299 g/mol. The second-order valence-corrected chi connectivity index (χ2v) is 5.43. The number of nitrogens with one attached hydrogen (secondary N) is 2. The Morgan fingerprint density at radius 3 is 2.00 bits per heavy atom. The van der Waals surface area contributed by atoms with Crippen LogP contribution in [0.1, 0.15) is 5.56 Å². The van der Waals surface area contributed by atoms with Crippen LogP contribution in [0.3, 0.4) is 0 Å². The minimum atomic E-state index is 0.537. The van der Waals surface area contributed by atoms with Crippen LogP contribution < -0.4 is 10.6 Å². The number of aryl methyl sites for hydroxylation is 1. The van der Waals surface area contributed by atoms with Crippen molar-refractivity contribution in [2.45, 2.75) is 11.8 Å². The van der Waals surface area contributed by atoms with Crippen molar-refractivity contribution in [2.75, 3.05) is 10.6 Å². The molecule has 0 aliphatic rings. The van der Waals surface area contributed by atoms with E-state index in [-0.39, 0.29) is 0 Å². The number of nitriles is 1. The first kappa shape index (κ1) is 14.4. The van der Waals surface area contributed by atoms with Crippen LogP contribution in [-0.2, 0) is 0 Å². The van der Waals surface area contributed by atoms with Gasteiger partial charge in [-0.1, -0.05) is 17.7 Å². The van der Waals surface area contributed by atoms with Crippen molar-refractivity contribution in [1.29, 1.82) is 5.26 Å². The average Bonchev–Trinajstić information content (AvgIpc) is 2.44. The molecule has 0 amide bonds. The molecule has 20 heavy (non-hydrogen) atoms. The van der Waals surface area contributed by atoms with Gasteiger partial charge in [0.25, 0.3) is 0 Å². The standard InChI is InChI=1S/C15H13N3S2/c1-11-2-4-12(5-3-11)17-15(19)18-13-6-8-14(9-7-13)20-10-16/h2-9H,1H3,(H2,17,18,19). The van der Waals surface area contributed by atoms with Gasteiger partial charge in [-0.15, -0.1) is 0 Å². The van der Waals surface area contributed by atoms with Gasteiger partial charge >= 0.3 is 0 Å². The smallest absolute Gasteiger partial charge is 0.175 e. The topological polar surface area (TPSA) is 47.8 Å². The van der Waals surface area contributed by atoms with E-state index in [2.05, 4.69) is 10.6 Å². The van der Waals surface area contributed by atoms with Crippen molar-refractivity contribution < 1.29 is 0 Å². The number of thiocyanates is 1. The fourth-order valence-corrected chi connectivity index (χ4v) is 2.20. The molecule has 0 heterocycles. The van der Waals surface area contributed by atoms with Crippen LogP contribution in [0.15, 0.2) is 53.4 Å². The summed E-state index contributed by atoms with van der Waals surface area (Å²) in [6, 6.07) is 15.6. The first-order chi connectivity index (χ1) is 9.67. The molecule has 2 aromatic rings. The summed E-state index contributed by atoms with van der Waals surface area (Å²) in [6.07, 6.45) is 0. The Balaban J connectivity index is 1.94. The molecule has 0 fully saturated rings. The summed E-state index contributed by atoms with van der Waals surface area (Å²) in [6.45, 7) is 2.04. The minimum Gasteiger partial charge on any atom is -0.332 e. The summed E-state index contributed by atoms with van der Waals surface area (Å²) in [4.78, 5) is 0.912. The molecule has 0 saturated heterocycles. The third kappa shape index (κ3) is 4.26. The van der Waals surface area contributed by atoms with E-state index in [1.54, 1.807) is 0 Å². The van der Waals surface area contributed by atoms with Crippen LogP contribution >= 0.6 is 24.0 Å². The summed E-state index contributed by atoms with van der Waals surface area (Å²) in [5, 5.41) is 17.4. The summed E-state index contributed by atoms with van der Waals surface area (Å²) in [7, 11) is 0. The molecule has 0 unspecified atom stereocenters. The van der Waals surface area contributed by atoms with Gasteiger partial charge in [0.15, 0.2) is 5.11 Å². The molecule has 0 atom stereocenters. The molecular weight excluding hydrogens is 286 g/mol. The van der Waals surface area contributed by atoms with E-state index < -0.39 is 0 Å². The van der Waals surface area contributed by atoms with Gasteiger partial charge in [-0.25, -0.2) is 0 Å². The van der Waals surface area contributed by atoms with Gasteiger partial charge in [0.1, 0.15) is 5.40 Å². The predicted molar refractivity (Wildman–Crippen MR) is 88.9 cm³/mol. The third-order valence-electron chi connectivity index (χ3n) is 2.59. The zero-order chi connectivity index (χ0) is 14.4. The molecule has 0 radical (unpaired) electrons. The number of hydrogen-bond acceptors (Lipinski definition) is 3. The van der Waals surface area contributed by atoms with Crippen LogP contribution in [-0.4, -0.2) is 5.11 Å². The number of anilines is 2. The molecule has 0 aliphatic heterocycles. The SMILES string of the molecule is Cc1ccc(NC(=S)Nc2ccc(SC#N)cc2)cc1. The van der Waals surface area contributed by atoms with Gasteiger partial charge in [0, 0.05) is 16.3 Å². The zero-order valence-corrected chi connectivity index (χ0v) is 12.5. The number of hydrogen-bond donors (Lipinski definition) is 2. The Hall–Kier alpha value is -2.03. The molecule has 3 nitrogen and oxygen atoms in total. The Kier molecular flexibility index (Phi) is 4.99. The van der Waals surface area contributed by atoms with Gasteiger partial charge in [0.2, 0.25) is 0 Å². The summed E-state index contributed by atoms with van der Waals surface area (Å²) in [5.74, 6) is 0. The van der Waals surface area contributed by atoms with Crippen LogP contribution in [0.5, 0.6) is 0 Å². The minimum absolute atomic E-state index is 0.537. The maximum atomic E-state index is 8.58. The highest BCUT2D eigenvalue weighted by Gasteiger charge is 1.99. The monoisotopic (exact) mass is 299 g/mol. The lowest BCUT2D eigenvalue weighted by Crippen LogP contribution is -2.18.